The molecule has 0 fully saturated rings. The van der Waals surface area contributed by atoms with Gasteiger partial charge in [0.15, 0.2) is 0 Å². The minimum Gasteiger partial charge on any atom is -0.455 e. The van der Waals surface area contributed by atoms with Gasteiger partial charge in [0.25, 0.3) is 20.2 Å². The van der Waals surface area contributed by atoms with Crippen molar-refractivity contribution in [3.05, 3.63) is 58.9 Å². The Labute approximate surface area is 224 Å². The van der Waals surface area contributed by atoms with E-state index in [1.54, 1.807) is 18.2 Å². The molecule has 39 heavy (non-hydrogen) atoms. The predicted octanol–water partition coefficient (Wildman–Crippen LogP) is 1.92. The zero-order valence-electron chi connectivity index (χ0n) is 20.9. The predicted molar refractivity (Wildman–Crippen MR) is 142 cm³/mol. The lowest BCUT2D eigenvalue weighted by Gasteiger charge is -2.37. The first-order valence-corrected chi connectivity index (χ1v) is 15.3. The molecule has 6 rings (SSSR count). The van der Waals surface area contributed by atoms with Crippen molar-refractivity contribution in [1.29, 1.82) is 0 Å². The molecule has 3 N–H and O–H groups in total. The molecule has 0 spiro atoms. The number of carbonyl (C=O) groups is 1. The molecule has 0 saturated carbocycles. The normalized spacial score (nSPS) is 16.1. The number of benzene rings is 3. The van der Waals surface area contributed by atoms with E-state index < -0.39 is 30.0 Å². The minimum absolute atomic E-state index is 0.0543. The fourth-order valence-electron chi connectivity index (χ4n) is 5.86. The quantitative estimate of drug-likeness (QED) is 0.248. The SMILES string of the molecule is CC(=O)[NH+]=c1ccc2c(-c3ccc(S(=O)(=O)O)cc3S(=O)(=O)O)c3cc4c5c(c3oc-2c1)CCCN5CCC4. The van der Waals surface area contributed by atoms with Crippen LogP contribution in [-0.4, -0.2) is 44.9 Å². The summed E-state index contributed by atoms with van der Waals surface area (Å²) in [5.41, 5.74) is 4.78. The van der Waals surface area contributed by atoms with Crippen molar-refractivity contribution >= 4 is 42.8 Å². The maximum Gasteiger partial charge on any atom is 0.382 e. The number of nitrogens with zero attached hydrogens (tertiary/aromatic N) is 1. The molecule has 0 bridgehead atoms. The van der Waals surface area contributed by atoms with E-state index in [0.717, 1.165) is 67.7 Å². The Kier molecular flexibility index (Phi) is 5.92. The topological polar surface area (TPSA) is 156 Å². The van der Waals surface area contributed by atoms with Crippen molar-refractivity contribution in [2.24, 2.45) is 0 Å². The Morgan fingerprint density at radius 2 is 1.64 bits per heavy atom. The van der Waals surface area contributed by atoms with Gasteiger partial charge in [-0.05, 0) is 55.5 Å². The molecule has 202 valence electrons. The van der Waals surface area contributed by atoms with Crippen LogP contribution < -0.4 is 15.2 Å². The molecule has 0 aromatic heterocycles. The average Bonchev–Trinajstić information content (AvgIpc) is 2.86. The van der Waals surface area contributed by atoms with Gasteiger partial charge >= 0.3 is 5.91 Å². The van der Waals surface area contributed by atoms with Crippen LogP contribution in [-0.2, 0) is 37.9 Å². The number of carbonyl (C=O) groups excluding carboxylic acids is 1. The highest BCUT2D eigenvalue weighted by molar-refractivity contribution is 7.86. The van der Waals surface area contributed by atoms with E-state index in [1.165, 1.54) is 13.0 Å². The van der Waals surface area contributed by atoms with Crippen LogP contribution in [0, 0.1) is 0 Å². The molecule has 0 unspecified atom stereocenters. The van der Waals surface area contributed by atoms with E-state index in [9.17, 15) is 30.7 Å². The molecule has 0 radical (unpaired) electrons. The second-order valence-corrected chi connectivity index (χ2v) is 12.7. The van der Waals surface area contributed by atoms with Crippen molar-refractivity contribution < 1.29 is 40.1 Å². The van der Waals surface area contributed by atoms with Gasteiger partial charge in [0.2, 0.25) is 5.36 Å². The Hall–Kier alpha value is -3.58. The molecular formula is C27H25N2O8S2+. The molecule has 2 aromatic rings. The zero-order chi connectivity index (χ0) is 27.7. The van der Waals surface area contributed by atoms with Crippen molar-refractivity contribution in [3.8, 4) is 22.5 Å². The maximum absolute atomic E-state index is 12.6. The van der Waals surface area contributed by atoms with Crippen molar-refractivity contribution in [2.45, 2.75) is 42.4 Å². The molecule has 4 aliphatic rings. The maximum atomic E-state index is 12.6. The number of hydrogen-bond donors (Lipinski definition) is 3. The van der Waals surface area contributed by atoms with E-state index in [4.69, 9.17) is 4.42 Å². The number of nitrogens with one attached hydrogen (secondary N) is 1. The van der Waals surface area contributed by atoms with Crippen LogP contribution >= 0.6 is 0 Å². The van der Waals surface area contributed by atoms with E-state index >= 15 is 0 Å². The lowest BCUT2D eigenvalue weighted by molar-refractivity contribution is -0.414. The third kappa shape index (κ3) is 4.42. The smallest absolute Gasteiger partial charge is 0.382 e. The summed E-state index contributed by atoms with van der Waals surface area (Å²) in [5.74, 6) is 0.0951. The van der Waals surface area contributed by atoms with Crippen LogP contribution in [0.4, 0.5) is 5.69 Å². The average molecular weight is 570 g/mol. The second-order valence-electron chi connectivity index (χ2n) is 9.91. The molecular weight excluding hydrogens is 544 g/mol. The van der Waals surface area contributed by atoms with Gasteiger partial charge in [-0.15, -0.1) is 0 Å². The van der Waals surface area contributed by atoms with Crippen molar-refractivity contribution in [1.82, 2.24) is 0 Å². The fourth-order valence-corrected chi connectivity index (χ4v) is 7.16. The molecule has 0 atom stereocenters. The van der Waals surface area contributed by atoms with E-state index in [1.807, 2.05) is 6.07 Å². The van der Waals surface area contributed by atoms with Crippen LogP contribution in [0.15, 0.2) is 56.7 Å². The first kappa shape index (κ1) is 25.7. The first-order valence-electron chi connectivity index (χ1n) is 12.4. The van der Waals surface area contributed by atoms with Gasteiger partial charge in [0, 0.05) is 52.5 Å². The van der Waals surface area contributed by atoms with Gasteiger partial charge in [-0.25, -0.2) is 4.79 Å². The summed E-state index contributed by atoms with van der Waals surface area (Å²) in [5, 5.41) is 1.10. The van der Waals surface area contributed by atoms with Crippen LogP contribution in [0.1, 0.15) is 30.9 Å². The highest BCUT2D eigenvalue weighted by atomic mass is 32.2. The van der Waals surface area contributed by atoms with E-state index in [0.29, 0.717) is 33.2 Å². The third-order valence-corrected chi connectivity index (χ3v) is 9.07. The highest BCUT2D eigenvalue weighted by Crippen LogP contribution is 2.48. The van der Waals surface area contributed by atoms with Crippen molar-refractivity contribution in [2.75, 3.05) is 18.0 Å². The summed E-state index contributed by atoms with van der Waals surface area (Å²) in [6, 6.07) is 10.1. The van der Waals surface area contributed by atoms with Gasteiger partial charge in [0.05, 0.1) is 17.9 Å². The second kappa shape index (κ2) is 8.98. The summed E-state index contributed by atoms with van der Waals surface area (Å²) >= 11 is 0. The molecule has 3 heterocycles. The van der Waals surface area contributed by atoms with Crippen LogP contribution in [0.25, 0.3) is 33.4 Å². The molecule has 12 heteroatoms. The van der Waals surface area contributed by atoms with Crippen LogP contribution in [0.2, 0.25) is 0 Å². The number of hydrogen-bond acceptors (Lipinski definition) is 7. The monoisotopic (exact) mass is 569 g/mol. The Balaban J connectivity index is 1.80. The number of fused-ring (bicyclic) bond motifs is 3. The Morgan fingerprint density at radius 3 is 2.33 bits per heavy atom. The van der Waals surface area contributed by atoms with Crippen LogP contribution in [0.5, 0.6) is 0 Å². The molecule has 0 saturated heterocycles. The lowest BCUT2D eigenvalue weighted by Crippen LogP contribution is -2.79. The van der Waals surface area contributed by atoms with E-state index in [-0.39, 0.29) is 11.5 Å². The third-order valence-electron chi connectivity index (χ3n) is 7.32. The molecule has 2 aromatic carbocycles. The molecule has 1 aliphatic carbocycles. The standard InChI is InChI=1S/C27H24N2O8S2/c1-15(30)28-17-6-8-19-23(13-17)37-27-21-5-3-11-29-10-2-4-16(26(21)29)12-22(27)25(19)20-9-7-18(38(31,32)33)14-24(20)39(34,35)36/h6-9,12-14H,2-5,10-11H2,1H3,(H,31,32,33)(H,34,35,36)/p+1. The first-order chi connectivity index (χ1) is 18.4. The largest absolute Gasteiger partial charge is 0.455 e. The van der Waals surface area contributed by atoms with Gasteiger partial charge in [0.1, 0.15) is 16.2 Å². The Morgan fingerprint density at radius 1 is 0.923 bits per heavy atom. The number of rotatable bonds is 3. The number of amides is 1. The zero-order valence-corrected chi connectivity index (χ0v) is 22.5. The molecule has 10 nitrogen and oxygen atoms in total. The van der Waals surface area contributed by atoms with Crippen LogP contribution in [0.3, 0.4) is 0 Å². The van der Waals surface area contributed by atoms with Gasteiger partial charge in [-0.1, -0.05) is 6.07 Å². The van der Waals surface area contributed by atoms with E-state index in [2.05, 4.69) is 9.89 Å². The van der Waals surface area contributed by atoms with Gasteiger partial charge in [-0.3, -0.25) is 9.11 Å². The number of aryl methyl sites for hydroxylation is 2. The fraction of sp³-hybridized carbons (Fsp3) is 0.259. The van der Waals surface area contributed by atoms with Gasteiger partial charge in [-0.2, -0.15) is 21.8 Å². The summed E-state index contributed by atoms with van der Waals surface area (Å²) in [4.78, 5) is 15.5. The number of anilines is 1. The lowest BCUT2D eigenvalue weighted by atomic mass is 9.86. The molecule has 1 amide bonds. The van der Waals surface area contributed by atoms with Crippen molar-refractivity contribution in [3.63, 3.8) is 0 Å². The summed E-state index contributed by atoms with van der Waals surface area (Å²) in [7, 11) is -9.68. The highest BCUT2D eigenvalue weighted by Gasteiger charge is 2.31. The van der Waals surface area contributed by atoms with Gasteiger partial charge < -0.3 is 9.32 Å². The summed E-state index contributed by atoms with van der Waals surface area (Å²) in [6.07, 6.45) is 3.47. The summed E-state index contributed by atoms with van der Waals surface area (Å²) in [6.45, 7) is 3.25. The summed E-state index contributed by atoms with van der Waals surface area (Å²) < 4.78 is 75.0. The Bertz CT molecular complexity index is 1960. The molecule has 3 aliphatic heterocycles. The minimum atomic E-state index is -4.93.